The molecule has 4 heterocycles. The number of benzene rings is 2. The average molecular weight is 530 g/mol. The van der Waals surface area contributed by atoms with Crippen molar-refractivity contribution in [1.29, 1.82) is 0 Å². The molecule has 0 bridgehead atoms. The summed E-state index contributed by atoms with van der Waals surface area (Å²) in [6.45, 7) is 6.88. The van der Waals surface area contributed by atoms with Crippen LogP contribution < -0.4 is 20.3 Å². The van der Waals surface area contributed by atoms with Gasteiger partial charge < -0.3 is 20.3 Å². The van der Waals surface area contributed by atoms with Crippen LogP contribution in [0.1, 0.15) is 36.9 Å². The highest BCUT2D eigenvalue weighted by atomic mass is 32.2. The maximum atomic E-state index is 13.5. The van der Waals surface area contributed by atoms with E-state index in [1.54, 1.807) is 11.1 Å². The summed E-state index contributed by atoms with van der Waals surface area (Å²) in [5, 5.41) is 6.92. The lowest BCUT2D eigenvalue weighted by atomic mass is 9.96. The molecule has 0 saturated carbocycles. The number of urea groups is 1. The number of amides is 3. The number of pyridine rings is 1. The molecular weight excluding hydrogens is 498 g/mol. The number of anilines is 2. The Hall–Kier alpha value is -3.56. The van der Waals surface area contributed by atoms with Gasteiger partial charge in [0, 0.05) is 18.3 Å². The van der Waals surface area contributed by atoms with Gasteiger partial charge in [-0.3, -0.25) is 9.69 Å². The topological polar surface area (TPSA) is 86.8 Å². The first-order valence-corrected chi connectivity index (χ1v) is 14.0. The standard InChI is InChI=1S/C29H31N5O3S/c1-3-33-15-7-8-19(17-33)26(35)32-28-25-24-23(13-14-30-27(24)38-28)34(29(36)31-25)22-12-11-21(16-18(22)2)37-20-9-5-4-6-10-20/h4-6,9-14,16,19,25,28H,3,7-8,15,17H2,1-2H3,(H,31,36)(H,32,35). The van der Waals surface area contributed by atoms with Crippen LogP contribution >= 0.6 is 11.8 Å². The van der Waals surface area contributed by atoms with Crippen LogP contribution in [0.2, 0.25) is 0 Å². The lowest BCUT2D eigenvalue weighted by Crippen LogP contribution is -2.51. The number of ether oxygens (including phenoxy) is 1. The third kappa shape index (κ3) is 4.61. The predicted molar refractivity (Wildman–Crippen MR) is 148 cm³/mol. The highest BCUT2D eigenvalue weighted by molar-refractivity contribution is 8.00. The van der Waals surface area contributed by atoms with Crippen molar-refractivity contribution in [3.05, 3.63) is 71.9 Å². The molecule has 1 aromatic heterocycles. The molecule has 3 atom stereocenters. The van der Waals surface area contributed by atoms with Gasteiger partial charge in [0.2, 0.25) is 5.91 Å². The van der Waals surface area contributed by atoms with Crippen LogP contribution in [-0.4, -0.2) is 46.8 Å². The largest absolute Gasteiger partial charge is 0.457 e. The number of carbonyl (C=O) groups is 2. The lowest BCUT2D eigenvalue weighted by Gasteiger charge is -2.36. The fourth-order valence-corrected chi connectivity index (χ4v) is 6.79. The first-order chi connectivity index (χ1) is 18.5. The Bertz CT molecular complexity index is 1370. The van der Waals surface area contributed by atoms with Gasteiger partial charge in [0.25, 0.3) is 0 Å². The van der Waals surface area contributed by atoms with E-state index in [1.165, 1.54) is 11.8 Å². The van der Waals surface area contributed by atoms with Gasteiger partial charge in [0.15, 0.2) is 0 Å². The monoisotopic (exact) mass is 529 g/mol. The number of aromatic nitrogens is 1. The van der Waals surface area contributed by atoms with Gasteiger partial charge in [-0.1, -0.05) is 36.9 Å². The van der Waals surface area contributed by atoms with Gasteiger partial charge in [-0.05, 0) is 74.8 Å². The van der Waals surface area contributed by atoms with E-state index >= 15 is 0 Å². The second-order valence-corrected chi connectivity index (χ2v) is 11.1. The minimum absolute atomic E-state index is 0.0319. The summed E-state index contributed by atoms with van der Waals surface area (Å²) in [4.78, 5) is 35.3. The van der Waals surface area contributed by atoms with Crippen LogP contribution in [0.4, 0.5) is 16.2 Å². The van der Waals surface area contributed by atoms with E-state index in [1.807, 2.05) is 61.5 Å². The van der Waals surface area contributed by atoms with Crippen LogP contribution in [-0.2, 0) is 4.79 Å². The Kier molecular flexibility index (Phi) is 6.71. The molecule has 2 N–H and O–H groups in total. The van der Waals surface area contributed by atoms with Crippen LogP contribution in [0.15, 0.2) is 65.8 Å². The molecule has 0 radical (unpaired) electrons. The Morgan fingerprint density at radius 2 is 2.00 bits per heavy atom. The van der Waals surface area contributed by atoms with Gasteiger partial charge in [0.05, 0.1) is 23.3 Å². The SMILES string of the molecule is CCN1CCCC(C(=O)NC2Sc3nccc4c3C2NC(=O)N4c2ccc(Oc3ccccc3)cc2C)C1. The number of thioether (sulfide) groups is 1. The molecule has 8 nitrogen and oxygen atoms in total. The van der Waals surface area contributed by atoms with E-state index in [9.17, 15) is 9.59 Å². The molecule has 3 aliphatic heterocycles. The zero-order valence-corrected chi connectivity index (χ0v) is 22.3. The van der Waals surface area contributed by atoms with E-state index < -0.39 is 0 Å². The molecule has 196 valence electrons. The number of rotatable bonds is 6. The van der Waals surface area contributed by atoms with Crippen LogP contribution in [0.25, 0.3) is 0 Å². The van der Waals surface area contributed by atoms with E-state index in [-0.39, 0.29) is 29.3 Å². The number of carbonyl (C=O) groups excluding carboxylic acids is 2. The minimum Gasteiger partial charge on any atom is -0.457 e. The summed E-state index contributed by atoms with van der Waals surface area (Å²) in [5.41, 5.74) is 3.42. The van der Waals surface area contributed by atoms with E-state index in [0.29, 0.717) is 5.75 Å². The van der Waals surface area contributed by atoms with Crippen LogP contribution in [0.5, 0.6) is 11.5 Å². The highest BCUT2D eigenvalue weighted by Gasteiger charge is 2.45. The molecule has 0 aliphatic carbocycles. The molecule has 3 aromatic rings. The fraction of sp³-hybridized carbons (Fsp3) is 0.345. The first kappa shape index (κ1) is 24.8. The Morgan fingerprint density at radius 1 is 1.16 bits per heavy atom. The molecule has 1 fully saturated rings. The number of hydrogen-bond acceptors (Lipinski definition) is 6. The lowest BCUT2D eigenvalue weighted by molar-refractivity contribution is -0.127. The highest BCUT2D eigenvalue weighted by Crippen LogP contribution is 2.50. The molecule has 0 spiro atoms. The molecule has 9 heteroatoms. The average Bonchev–Trinajstić information content (AvgIpc) is 3.28. The van der Waals surface area contributed by atoms with Crippen molar-refractivity contribution in [2.75, 3.05) is 24.5 Å². The van der Waals surface area contributed by atoms with E-state index in [4.69, 9.17) is 4.74 Å². The van der Waals surface area contributed by atoms with Crippen LogP contribution in [0.3, 0.4) is 0 Å². The third-order valence-electron chi connectivity index (χ3n) is 7.50. The molecule has 3 aliphatic rings. The number of nitrogens with one attached hydrogen (secondary N) is 2. The molecular formula is C29H31N5O3S. The molecule has 3 unspecified atom stereocenters. The van der Waals surface area contributed by atoms with Gasteiger partial charge in [0.1, 0.15) is 21.9 Å². The summed E-state index contributed by atoms with van der Waals surface area (Å²) < 4.78 is 5.98. The van der Waals surface area contributed by atoms with Crippen LogP contribution in [0, 0.1) is 12.8 Å². The van der Waals surface area contributed by atoms with Crippen molar-refractivity contribution in [2.24, 2.45) is 5.92 Å². The smallest absolute Gasteiger partial charge is 0.327 e. The fourth-order valence-electron chi connectivity index (χ4n) is 5.55. The van der Waals surface area contributed by atoms with E-state index in [2.05, 4.69) is 27.4 Å². The Balaban J connectivity index is 1.24. The molecule has 3 amide bonds. The quantitative estimate of drug-likeness (QED) is 0.447. The molecule has 6 rings (SSSR count). The van der Waals surface area contributed by atoms with Crippen molar-refractivity contribution < 1.29 is 14.3 Å². The maximum Gasteiger partial charge on any atom is 0.327 e. The van der Waals surface area contributed by atoms with E-state index in [0.717, 1.165) is 65.8 Å². The van der Waals surface area contributed by atoms with Crippen molar-refractivity contribution in [3.8, 4) is 11.5 Å². The van der Waals surface area contributed by atoms with Crippen molar-refractivity contribution >= 4 is 35.1 Å². The summed E-state index contributed by atoms with van der Waals surface area (Å²) in [7, 11) is 0. The molecule has 38 heavy (non-hydrogen) atoms. The summed E-state index contributed by atoms with van der Waals surface area (Å²) in [6.07, 6.45) is 3.65. The maximum absolute atomic E-state index is 13.5. The number of piperidine rings is 1. The first-order valence-electron chi connectivity index (χ1n) is 13.1. The Morgan fingerprint density at radius 3 is 2.79 bits per heavy atom. The van der Waals surface area contributed by atoms with Gasteiger partial charge >= 0.3 is 6.03 Å². The zero-order valence-electron chi connectivity index (χ0n) is 21.5. The van der Waals surface area contributed by atoms with Crippen molar-refractivity contribution in [1.82, 2.24) is 20.5 Å². The number of likely N-dealkylation sites (tertiary alicyclic amines) is 1. The number of aryl methyl sites for hydroxylation is 1. The normalized spacial score (nSPS) is 22.5. The second kappa shape index (κ2) is 10.3. The zero-order chi connectivity index (χ0) is 26.2. The predicted octanol–water partition coefficient (Wildman–Crippen LogP) is 5.36. The second-order valence-electron chi connectivity index (χ2n) is 9.95. The van der Waals surface area contributed by atoms with Gasteiger partial charge in [-0.15, -0.1) is 0 Å². The molecule has 2 aromatic carbocycles. The summed E-state index contributed by atoms with van der Waals surface area (Å²) >= 11 is 1.51. The summed E-state index contributed by atoms with van der Waals surface area (Å²) in [6, 6.07) is 16.6. The number of nitrogens with zero attached hydrogens (tertiary/aromatic N) is 3. The summed E-state index contributed by atoms with van der Waals surface area (Å²) in [5.74, 6) is 1.48. The minimum atomic E-state index is -0.335. The van der Waals surface area contributed by atoms with Gasteiger partial charge in [-0.25, -0.2) is 9.78 Å². The number of hydrogen-bond donors (Lipinski definition) is 2. The van der Waals surface area contributed by atoms with Crippen molar-refractivity contribution in [3.63, 3.8) is 0 Å². The van der Waals surface area contributed by atoms with Crippen molar-refractivity contribution in [2.45, 2.75) is 43.1 Å². The number of para-hydroxylation sites is 1. The van der Waals surface area contributed by atoms with Gasteiger partial charge in [-0.2, -0.15) is 0 Å². The molecule has 1 saturated heterocycles. The third-order valence-corrected chi connectivity index (χ3v) is 8.69. The Labute approximate surface area is 226 Å².